The second-order valence-corrected chi connectivity index (χ2v) is 9.93. The Morgan fingerprint density at radius 3 is 1.88 bits per heavy atom. The lowest BCUT2D eigenvalue weighted by atomic mass is 9.79. The molecule has 0 radical (unpaired) electrons. The molecular weight excluding hydrogens is 412 g/mol. The molecule has 2 heteroatoms. The van der Waals surface area contributed by atoms with Gasteiger partial charge in [0.05, 0.1) is 11.1 Å². The van der Waals surface area contributed by atoms with Crippen LogP contribution in [-0.2, 0) is 11.1 Å². The molecule has 160 valence electrons. The van der Waals surface area contributed by atoms with Crippen molar-refractivity contribution < 1.29 is 9.13 Å². The minimum atomic E-state index is -0.134. The molecule has 1 aliphatic carbocycles. The number of fused-ring (bicyclic) bond motifs is 6. The maximum atomic E-state index is 2.61. The zero-order chi connectivity index (χ0) is 22.5. The van der Waals surface area contributed by atoms with Crippen LogP contribution in [0.15, 0.2) is 116 Å². The molecule has 2 aliphatic heterocycles. The molecule has 1 saturated carbocycles. The second-order valence-electron chi connectivity index (χ2n) is 9.93. The normalized spacial score (nSPS) is 22.4. The topological polar surface area (TPSA) is 7.76 Å². The van der Waals surface area contributed by atoms with Crippen LogP contribution in [-0.4, -0.2) is 0 Å². The largest absolute Gasteiger partial charge is 0.270 e. The summed E-state index contributed by atoms with van der Waals surface area (Å²) < 4.78 is 5.17. The van der Waals surface area contributed by atoms with Gasteiger partial charge >= 0.3 is 0 Å². The predicted molar refractivity (Wildman–Crippen MR) is 133 cm³/mol. The molecule has 1 fully saturated rings. The van der Waals surface area contributed by atoms with Crippen molar-refractivity contribution in [1.82, 2.24) is 0 Å². The third kappa shape index (κ3) is 1.95. The van der Waals surface area contributed by atoms with Gasteiger partial charge in [0.2, 0.25) is 11.4 Å². The van der Waals surface area contributed by atoms with E-state index in [0.717, 1.165) is 6.42 Å². The maximum Gasteiger partial charge on any atom is 0.270 e. The van der Waals surface area contributed by atoms with E-state index in [1.54, 1.807) is 0 Å². The molecule has 34 heavy (non-hydrogen) atoms. The number of benzene rings is 3. The number of hydrogen-bond acceptors (Lipinski definition) is 0. The van der Waals surface area contributed by atoms with Crippen molar-refractivity contribution in [3.8, 4) is 33.6 Å². The van der Waals surface area contributed by atoms with Crippen LogP contribution in [0.4, 0.5) is 0 Å². The Labute approximate surface area is 199 Å². The molecule has 2 nitrogen and oxygen atoms in total. The van der Waals surface area contributed by atoms with Gasteiger partial charge in [0.1, 0.15) is 6.42 Å². The van der Waals surface area contributed by atoms with Crippen molar-refractivity contribution in [3.05, 3.63) is 132 Å². The summed E-state index contributed by atoms with van der Waals surface area (Å²) in [6, 6.07) is 38.1. The van der Waals surface area contributed by atoms with Crippen molar-refractivity contribution in [3.63, 3.8) is 0 Å². The van der Waals surface area contributed by atoms with Gasteiger partial charge < -0.3 is 0 Å². The fourth-order valence-corrected chi connectivity index (χ4v) is 7.01. The van der Waals surface area contributed by atoms with Crippen LogP contribution in [0.25, 0.3) is 33.6 Å². The molecular formula is C32H24N2+2. The molecule has 2 unspecified atom stereocenters. The zero-order valence-corrected chi connectivity index (χ0v) is 19.1. The molecule has 8 rings (SSSR count). The van der Waals surface area contributed by atoms with Crippen molar-refractivity contribution in [2.24, 2.45) is 0 Å². The van der Waals surface area contributed by atoms with Crippen LogP contribution in [0.3, 0.4) is 0 Å². The van der Waals surface area contributed by atoms with Gasteiger partial charge in [0.15, 0.2) is 12.4 Å². The zero-order valence-electron chi connectivity index (χ0n) is 19.1. The molecule has 0 spiro atoms. The summed E-state index contributed by atoms with van der Waals surface area (Å²) in [5.41, 5.74) is 11.8. The number of nitrogens with zero attached hydrogens (tertiary/aromatic N) is 2. The van der Waals surface area contributed by atoms with E-state index in [1.807, 2.05) is 0 Å². The highest BCUT2D eigenvalue weighted by Crippen LogP contribution is 2.68. The Morgan fingerprint density at radius 1 is 0.559 bits per heavy atom. The fourth-order valence-electron chi connectivity index (χ4n) is 7.01. The van der Waals surface area contributed by atoms with E-state index in [1.165, 1.54) is 50.3 Å². The Kier molecular flexibility index (Phi) is 3.30. The lowest BCUT2D eigenvalue weighted by molar-refractivity contribution is -0.800. The smallest absolute Gasteiger partial charge is 0.181 e. The van der Waals surface area contributed by atoms with Crippen molar-refractivity contribution in [1.29, 1.82) is 0 Å². The highest BCUT2D eigenvalue weighted by molar-refractivity contribution is 5.75. The van der Waals surface area contributed by atoms with E-state index in [2.05, 4.69) is 132 Å². The Bertz CT molecular complexity index is 1670. The summed E-state index contributed by atoms with van der Waals surface area (Å²) in [4.78, 5) is 0. The third-order valence-corrected chi connectivity index (χ3v) is 8.45. The van der Waals surface area contributed by atoms with E-state index >= 15 is 0 Å². The number of aromatic nitrogens is 2. The van der Waals surface area contributed by atoms with Gasteiger partial charge in [-0.05, 0) is 42.3 Å². The van der Waals surface area contributed by atoms with Gasteiger partial charge in [-0.3, -0.25) is 0 Å². The molecule has 0 N–H and O–H groups in total. The molecule has 2 atom stereocenters. The van der Waals surface area contributed by atoms with Crippen LogP contribution in [0.1, 0.15) is 23.1 Å². The van der Waals surface area contributed by atoms with Gasteiger partial charge in [-0.1, -0.05) is 60.7 Å². The monoisotopic (exact) mass is 436 g/mol. The van der Waals surface area contributed by atoms with Crippen molar-refractivity contribution in [2.45, 2.75) is 24.4 Å². The SMILES string of the molecule is Cc1ccccc1-c1ccc2[n+](c1)C13CC1(c1ccccc1-2)[n+]1ccccc1-c1ccccc13. The van der Waals surface area contributed by atoms with E-state index in [4.69, 9.17) is 0 Å². The van der Waals surface area contributed by atoms with E-state index in [0.29, 0.717) is 0 Å². The minimum absolute atomic E-state index is 0.115. The molecule has 2 aromatic heterocycles. The Hall–Kier alpha value is -4.04. The first kappa shape index (κ1) is 18.4. The Balaban J connectivity index is 1.52. The molecule has 4 heterocycles. The molecule has 0 saturated heterocycles. The fraction of sp³-hybridized carbons (Fsp3) is 0.125. The standard InChI is InChI=1S/C32H24N2/c1-22-10-2-3-11-24(22)23-17-18-30-26-13-5-6-14-27(26)31-21-32(31,34(30)20-23)28-15-7-4-12-25(28)29-16-8-9-19-33(29)31/h2-20H,21H2,1H3/q+2. The first-order valence-corrected chi connectivity index (χ1v) is 12.1. The van der Waals surface area contributed by atoms with Gasteiger partial charge in [0.25, 0.3) is 11.1 Å². The molecule has 5 aromatic rings. The summed E-state index contributed by atoms with van der Waals surface area (Å²) in [6.45, 7) is 2.20. The quantitative estimate of drug-likeness (QED) is 0.294. The Morgan fingerprint density at radius 2 is 1.15 bits per heavy atom. The minimum Gasteiger partial charge on any atom is -0.181 e. The van der Waals surface area contributed by atoms with Gasteiger partial charge in [-0.25, -0.2) is 0 Å². The number of hydrogen-bond donors (Lipinski definition) is 0. The highest BCUT2D eigenvalue weighted by Gasteiger charge is 2.89. The van der Waals surface area contributed by atoms with Crippen LogP contribution in [0.5, 0.6) is 0 Å². The van der Waals surface area contributed by atoms with Crippen molar-refractivity contribution in [2.75, 3.05) is 0 Å². The summed E-state index contributed by atoms with van der Waals surface area (Å²) in [5, 5.41) is 0. The second kappa shape index (κ2) is 6.09. The highest BCUT2D eigenvalue weighted by atomic mass is 15.3. The lowest BCUT2D eigenvalue weighted by Crippen LogP contribution is -2.66. The number of rotatable bonds is 1. The lowest BCUT2D eigenvalue weighted by Gasteiger charge is -2.31. The average molecular weight is 437 g/mol. The third-order valence-electron chi connectivity index (χ3n) is 8.45. The van der Waals surface area contributed by atoms with E-state index < -0.39 is 0 Å². The van der Waals surface area contributed by atoms with Crippen molar-refractivity contribution >= 4 is 0 Å². The van der Waals surface area contributed by atoms with Gasteiger partial charge in [0, 0.05) is 34.9 Å². The summed E-state index contributed by atoms with van der Waals surface area (Å²) in [5.74, 6) is 0. The van der Waals surface area contributed by atoms with E-state index in [9.17, 15) is 0 Å². The van der Waals surface area contributed by atoms with Gasteiger partial charge in [-0.2, -0.15) is 9.13 Å². The number of aryl methyl sites for hydroxylation is 1. The van der Waals surface area contributed by atoms with Gasteiger partial charge in [-0.15, -0.1) is 0 Å². The maximum absolute atomic E-state index is 2.61. The van der Waals surface area contributed by atoms with E-state index in [-0.39, 0.29) is 11.1 Å². The van der Waals surface area contributed by atoms with Crippen LogP contribution in [0.2, 0.25) is 0 Å². The molecule has 3 aromatic carbocycles. The molecule has 0 bridgehead atoms. The van der Waals surface area contributed by atoms with Crippen LogP contribution in [0, 0.1) is 6.92 Å². The van der Waals surface area contributed by atoms with Crippen LogP contribution >= 0.6 is 0 Å². The first-order valence-electron chi connectivity index (χ1n) is 12.1. The van der Waals surface area contributed by atoms with Crippen LogP contribution < -0.4 is 9.13 Å². The summed E-state index contributed by atoms with van der Waals surface area (Å²) >= 11 is 0. The predicted octanol–water partition coefficient (Wildman–Crippen LogP) is 5.79. The number of pyridine rings is 2. The summed E-state index contributed by atoms with van der Waals surface area (Å²) in [7, 11) is 0. The first-order chi connectivity index (χ1) is 16.8. The molecule has 0 amide bonds. The molecule has 3 aliphatic rings. The average Bonchev–Trinajstić information content (AvgIpc) is 3.63. The summed E-state index contributed by atoms with van der Waals surface area (Å²) in [6.07, 6.45) is 5.77.